The first-order valence-electron chi connectivity index (χ1n) is 15.2. The highest BCUT2D eigenvalue weighted by Crippen LogP contribution is 2.23. The van der Waals surface area contributed by atoms with Crippen molar-refractivity contribution in [2.75, 3.05) is 13.2 Å². The molecule has 0 spiro atoms. The molecule has 0 saturated heterocycles. The molecule has 0 saturated carbocycles. The molecule has 0 aliphatic heterocycles. The number of benzene rings is 4. The minimum atomic E-state index is 0.699. The smallest absolute Gasteiger partial charge is 0.119 e. The fourth-order valence-corrected chi connectivity index (χ4v) is 4.37. The van der Waals surface area contributed by atoms with Gasteiger partial charge in [-0.15, -0.1) is 0 Å². The number of unbranched alkanes of at least 4 members (excludes halogenated alkanes) is 6. The highest BCUT2D eigenvalue weighted by Gasteiger charge is 1.99. The summed E-state index contributed by atoms with van der Waals surface area (Å²) < 4.78 is 11.8. The normalized spacial score (nSPS) is 11.4. The van der Waals surface area contributed by atoms with Gasteiger partial charge in [0.15, 0.2) is 0 Å². The van der Waals surface area contributed by atoms with Crippen molar-refractivity contribution < 1.29 is 9.47 Å². The maximum absolute atomic E-state index is 5.90. The minimum Gasteiger partial charge on any atom is -0.494 e. The Morgan fingerprint density at radius 3 is 1.33 bits per heavy atom. The van der Waals surface area contributed by atoms with Crippen LogP contribution in [0.5, 0.6) is 11.5 Å². The molecule has 4 aromatic rings. The van der Waals surface area contributed by atoms with Gasteiger partial charge in [0.2, 0.25) is 0 Å². The number of aryl methyl sites for hydroxylation is 1. The van der Waals surface area contributed by atoms with E-state index in [1.165, 1.54) is 31.2 Å². The molecule has 42 heavy (non-hydrogen) atoms. The van der Waals surface area contributed by atoms with Gasteiger partial charge in [0.25, 0.3) is 0 Å². The third kappa shape index (κ3) is 11.7. The van der Waals surface area contributed by atoms with E-state index < -0.39 is 0 Å². The summed E-state index contributed by atoms with van der Waals surface area (Å²) in [6.45, 7) is 3.64. The number of rotatable bonds is 18. The molecule has 0 atom stereocenters. The molecule has 0 amide bonds. The summed E-state index contributed by atoms with van der Waals surface area (Å²) in [6.07, 6.45) is 10.5. The van der Waals surface area contributed by atoms with Gasteiger partial charge in [-0.2, -0.15) is 20.5 Å². The van der Waals surface area contributed by atoms with Crippen LogP contribution < -0.4 is 9.47 Å². The van der Waals surface area contributed by atoms with Crippen molar-refractivity contribution >= 4 is 22.7 Å². The molecule has 6 nitrogen and oxygen atoms in total. The van der Waals surface area contributed by atoms with Crippen molar-refractivity contribution in [2.45, 2.75) is 64.7 Å². The maximum atomic E-state index is 5.90. The molecule has 218 valence electrons. The third-order valence-corrected chi connectivity index (χ3v) is 6.82. The first kappa shape index (κ1) is 30.6. The number of hydrogen-bond acceptors (Lipinski definition) is 6. The van der Waals surface area contributed by atoms with Crippen molar-refractivity contribution in [1.29, 1.82) is 0 Å². The lowest BCUT2D eigenvalue weighted by Gasteiger charge is -2.07. The molecule has 4 rings (SSSR count). The lowest BCUT2D eigenvalue weighted by molar-refractivity contribution is 0.287. The van der Waals surface area contributed by atoms with Gasteiger partial charge >= 0.3 is 0 Å². The molecule has 0 radical (unpaired) electrons. The van der Waals surface area contributed by atoms with Gasteiger partial charge in [-0.1, -0.05) is 56.5 Å². The van der Waals surface area contributed by atoms with Gasteiger partial charge in [0.05, 0.1) is 36.0 Å². The Morgan fingerprint density at radius 1 is 0.429 bits per heavy atom. The Kier molecular flexibility index (Phi) is 13.3. The third-order valence-electron chi connectivity index (χ3n) is 6.82. The van der Waals surface area contributed by atoms with Gasteiger partial charge in [-0.25, -0.2) is 0 Å². The number of nitrogens with zero attached hydrogens (tertiary/aromatic N) is 4. The van der Waals surface area contributed by atoms with E-state index in [0.29, 0.717) is 13.2 Å². The topological polar surface area (TPSA) is 67.9 Å². The highest BCUT2D eigenvalue weighted by molar-refractivity contribution is 5.44. The van der Waals surface area contributed by atoms with E-state index in [4.69, 9.17) is 9.47 Å². The van der Waals surface area contributed by atoms with Gasteiger partial charge in [0.1, 0.15) is 11.5 Å². The Bertz CT molecular complexity index is 1340. The standard InChI is InChI=1S/C36H42N4O2/c1-2-3-4-8-13-30-16-18-32(19-17-30)38-40-34-22-26-36(27-23-34)42-29-12-6-5-11-28-41-35-24-20-33(21-25-35)39-37-31-14-9-7-10-15-31/h7,9-10,14-27H,2-6,8,11-13,28-29H2,1H3. The van der Waals surface area contributed by atoms with Crippen molar-refractivity contribution in [1.82, 2.24) is 0 Å². The van der Waals surface area contributed by atoms with Gasteiger partial charge in [0, 0.05) is 0 Å². The second kappa shape index (κ2) is 18.2. The molecule has 0 aromatic heterocycles. The molecular formula is C36H42N4O2. The summed E-state index contributed by atoms with van der Waals surface area (Å²) in [5.41, 5.74) is 4.70. The van der Waals surface area contributed by atoms with E-state index in [-0.39, 0.29) is 0 Å². The molecule has 0 N–H and O–H groups in total. The van der Waals surface area contributed by atoms with Crippen LogP contribution in [0.25, 0.3) is 0 Å². The van der Waals surface area contributed by atoms with Gasteiger partial charge < -0.3 is 9.47 Å². The van der Waals surface area contributed by atoms with Crippen LogP contribution in [-0.2, 0) is 6.42 Å². The molecule has 4 aromatic carbocycles. The quantitative estimate of drug-likeness (QED) is 0.0894. The van der Waals surface area contributed by atoms with Gasteiger partial charge in [-0.05, 0) is 117 Å². The Balaban J connectivity index is 1.04. The van der Waals surface area contributed by atoms with Crippen LogP contribution in [0.15, 0.2) is 124 Å². The summed E-state index contributed by atoms with van der Waals surface area (Å²) in [6, 6.07) is 33.6. The van der Waals surface area contributed by atoms with Crippen molar-refractivity contribution in [3.8, 4) is 11.5 Å². The van der Waals surface area contributed by atoms with Crippen LogP contribution in [0.3, 0.4) is 0 Å². The zero-order valence-corrected chi connectivity index (χ0v) is 24.7. The summed E-state index contributed by atoms with van der Waals surface area (Å²) >= 11 is 0. The number of ether oxygens (including phenoxy) is 2. The highest BCUT2D eigenvalue weighted by atomic mass is 16.5. The minimum absolute atomic E-state index is 0.699. The predicted octanol–water partition coefficient (Wildman–Crippen LogP) is 11.7. The van der Waals surface area contributed by atoms with Gasteiger partial charge in [-0.3, -0.25) is 0 Å². The average Bonchev–Trinajstić information content (AvgIpc) is 3.04. The zero-order valence-electron chi connectivity index (χ0n) is 24.7. The van der Waals surface area contributed by atoms with Crippen LogP contribution in [-0.4, -0.2) is 13.2 Å². The summed E-state index contributed by atoms with van der Waals surface area (Å²) in [5, 5.41) is 17.2. The van der Waals surface area contributed by atoms with E-state index in [0.717, 1.165) is 66.4 Å². The fourth-order valence-electron chi connectivity index (χ4n) is 4.37. The van der Waals surface area contributed by atoms with Crippen LogP contribution >= 0.6 is 0 Å². The fraction of sp³-hybridized carbons (Fsp3) is 0.333. The lowest BCUT2D eigenvalue weighted by Crippen LogP contribution is -1.99. The molecule has 0 aliphatic carbocycles. The second-order valence-electron chi connectivity index (χ2n) is 10.3. The summed E-state index contributed by atoms with van der Waals surface area (Å²) in [4.78, 5) is 0. The van der Waals surface area contributed by atoms with E-state index in [2.05, 4.69) is 39.5 Å². The van der Waals surface area contributed by atoms with Crippen molar-refractivity contribution in [3.63, 3.8) is 0 Å². The SMILES string of the molecule is CCCCCCc1ccc(N=Nc2ccc(OCCCCCCOc3ccc(N=Nc4ccccc4)cc3)cc2)cc1. The van der Waals surface area contributed by atoms with E-state index in [1.807, 2.05) is 91.0 Å². The molecule has 0 bridgehead atoms. The predicted molar refractivity (Wildman–Crippen MR) is 171 cm³/mol. The van der Waals surface area contributed by atoms with Crippen LogP contribution in [0.2, 0.25) is 0 Å². The molecule has 0 fully saturated rings. The lowest BCUT2D eigenvalue weighted by atomic mass is 10.1. The molecule has 0 unspecified atom stereocenters. The molecule has 0 heterocycles. The average molecular weight is 563 g/mol. The van der Waals surface area contributed by atoms with Crippen molar-refractivity contribution in [3.05, 3.63) is 109 Å². The van der Waals surface area contributed by atoms with Crippen LogP contribution in [0.4, 0.5) is 22.7 Å². The Morgan fingerprint density at radius 2 is 0.857 bits per heavy atom. The summed E-state index contributed by atoms with van der Waals surface area (Å²) in [7, 11) is 0. The van der Waals surface area contributed by atoms with E-state index in [1.54, 1.807) is 0 Å². The number of azo groups is 2. The van der Waals surface area contributed by atoms with E-state index in [9.17, 15) is 0 Å². The maximum Gasteiger partial charge on any atom is 0.119 e. The Hall–Kier alpha value is -4.32. The number of hydrogen-bond donors (Lipinski definition) is 0. The molecule has 0 aliphatic rings. The molecule has 6 heteroatoms. The Labute approximate surface area is 250 Å². The first-order chi connectivity index (χ1) is 20.8. The van der Waals surface area contributed by atoms with Crippen LogP contribution in [0.1, 0.15) is 63.9 Å². The summed E-state index contributed by atoms with van der Waals surface area (Å²) in [5.74, 6) is 1.71. The zero-order chi connectivity index (χ0) is 29.1. The largest absolute Gasteiger partial charge is 0.494 e. The van der Waals surface area contributed by atoms with Crippen LogP contribution in [0, 0.1) is 0 Å². The monoisotopic (exact) mass is 562 g/mol. The first-order valence-corrected chi connectivity index (χ1v) is 15.2. The second-order valence-corrected chi connectivity index (χ2v) is 10.3. The molecular weight excluding hydrogens is 520 g/mol. The van der Waals surface area contributed by atoms with E-state index >= 15 is 0 Å². The van der Waals surface area contributed by atoms with Crippen molar-refractivity contribution in [2.24, 2.45) is 20.5 Å².